The van der Waals surface area contributed by atoms with Crippen LogP contribution in [0.15, 0.2) is 36.4 Å². The third kappa shape index (κ3) is 3.06. The van der Waals surface area contributed by atoms with E-state index in [-0.39, 0.29) is 0 Å². The van der Waals surface area contributed by atoms with E-state index in [1.54, 1.807) is 0 Å². The summed E-state index contributed by atoms with van der Waals surface area (Å²) in [4.78, 5) is 0.387. The molecule has 0 aliphatic heterocycles. The molecule has 0 saturated carbocycles. The highest BCUT2D eigenvalue weighted by atomic mass is 35.5. The predicted molar refractivity (Wildman–Crippen MR) is 86.5 cm³/mol. The summed E-state index contributed by atoms with van der Waals surface area (Å²) in [6.07, 6.45) is 0. The molecule has 0 spiro atoms. The number of rotatable bonds is 3. The summed E-state index contributed by atoms with van der Waals surface area (Å²) >= 11 is 11.1. The van der Waals surface area contributed by atoms with Crippen molar-refractivity contribution in [3.05, 3.63) is 58.1 Å². The van der Waals surface area contributed by atoms with E-state index in [4.69, 9.17) is 29.6 Å². The van der Waals surface area contributed by atoms with E-state index in [9.17, 15) is 0 Å². The zero-order valence-electron chi connectivity index (χ0n) is 10.8. The maximum absolute atomic E-state index is 5.96. The van der Waals surface area contributed by atoms with Crippen LogP contribution in [0.25, 0.3) is 0 Å². The first-order valence-corrected chi connectivity index (χ1v) is 6.70. The molecule has 2 aromatic carbocycles. The van der Waals surface area contributed by atoms with Gasteiger partial charge < -0.3 is 11.1 Å². The maximum Gasteiger partial charge on any atom is 0.106 e. The molecule has 2 aromatic rings. The minimum Gasteiger partial charge on any atom is -0.389 e. The van der Waals surface area contributed by atoms with E-state index >= 15 is 0 Å². The molecule has 0 unspecified atom stereocenters. The summed E-state index contributed by atoms with van der Waals surface area (Å²) in [6, 6.07) is 11.6. The van der Waals surface area contributed by atoms with Crippen LogP contribution in [0.4, 0.5) is 11.4 Å². The average Bonchev–Trinajstić information content (AvgIpc) is 2.34. The third-order valence-corrected chi connectivity index (χ3v) is 3.44. The number of nitrogens with one attached hydrogen (secondary N) is 1. The fourth-order valence-electron chi connectivity index (χ4n) is 1.94. The number of anilines is 2. The van der Waals surface area contributed by atoms with Gasteiger partial charge in [-0.25, -0.2) is 0 Å². The second-order valence-corrected chi connectivity index (χ2v) is 5.32. The molecular weight excluding hydrogens is 276 g/mol. The van der Waals surface area contributed by atoms with Gasteiger partial charge in [0, 0.05) is 16.3 Å². The molecule has 98 valence electrons. The van der Waals surface area contributed by atoms with E-state index in [2.05, 4.69) is 5.32 Å². The fraction of sp³-hybridized carbons (Fsp3) is 0.133. The van der Waals surface area contributed by atoms with Crippen molar-refractivity contribution in [1.82, 2.24) is 0 Å². The van der Waals surface area contributed by atoms with Crippen LogP contribution in [0.3, 0.4) is 0 Å². The zero-order valence-corrected chi connectivity index (χ0v) is 12.4. The van der Waals surface area contributed by atoms with Gasteiger partial charge in [0.1, 0.15) is 4.99 Å². The van der Waals surface area contributed by atoms with Gasteiger partial charge in [-0.15, -0.1) is 0 Å². The fourth-order valence-corrected chi connectivity index (χ4v) is 2.34. The molecule has 0 heterocycles. The average molecular weight is 291 g/mol. The number of halogens is 1. The molecule has 0 amide bonds. The number of aryl methyl sites for hydroxylation is 2. The van der Waals surface area contributed by atoms with Gasteiger partial charge in [0.2, 0.25) is 0 Å². The lowest BCUT2D eigenvalue weighted by molar-refractivity contribution is 1.38. The highest BCUT2D eigenvalue weighted by molar-refractivity contribution is 7.80. The van der Waals surface area contributed by atoms with Crippen molar-refractivity contribution >= 4 is 40.2 Å². The first-order chi connectivity index (χ1) is 8.99. The van der Waals surface area contributed by atoms with Crippen molar-refractivity contribution in [2.45, 2.75) is 13.8 Å². The van der Waals surface area contributed by atoms with Gasteiger partial charge in [0.25, 0.3) is 0 Å². The normalized spacial score (nSPS) is 10.3. The molecule has 0 fully saturated rings. The molecule has 0 radical (unpaired) electrons. The molecule has 3 N–H and O–H groups in total. The number of para-hydroxylation sites is 1. The molecule has 0 aromatic heterocycles. The Labute approximate surface area is 123 Å². The Hall–Kier alpha value is -1.58. The van der Waals surface area contributed by atoms with Crippen LogP contribution in [0.5, 0.6) is 0 Å². The van der Waals surface area contributed by atoms with Crippen molar-refractivity contribution in [2.24, 2.45) is 5.73 Å². The molecule has 19 heavy (non-hydrogen) atoms. The van der Waals surface area contributed by atoms with Crippen LogP contribution in [0.1, 0.15) is 16.7 Å². The van der Waals surface area contributed by atoms with E-state index < -0.39 is 0 Å². The predicted octanol–water partition coefficient (Wildman–Crippen LogP) is 4.33. The summed E-state index contributed by atoms with van der Waals surface area (Å²) in [5.74, 6) is 0. The topological polar surface area (TPSA) is 38.0 Å². The van der Waals surface area contributed by atoms with Crippen molar-refractivity contribution in [2.75, 3.05) is 5.32 Å². The molecule has 4 heteroatoms. The smallest absolute Gasteiger partial charge is 0.106 e. The molecular formula is C15H15ClN2S. The van der Waals surface area contributed by atoms with Crippen molar-refractivity contribution < 1.29 is 0 Å². The molecule has 2 nitrogen and oxygen atoms in total. The van der Waals surface area contributed by atoms with Gasteiger partial charge in [-0.05, 0) is 49.2 Å². The number of hydrogen-bond donors (Lipinski definition) is 2. The highest BCUT2D eigenvalue weighted by Gasteiger charge is 2.09. The second kappa shape index (κ2) is 5.59. The lowest BCUT2D eigenvalue weighted by Crippen LogP contribution is -2.12. The second-order valence-electron chi connectivity index (χ2n) is 4.45. The Balaban J connectivity index is 2.46. The van der Waals surface area contributed by atoms with Gasteiger partial charge in [0.05, 0.1) is 5.69 Å². The molecule has 0 atom stereocenters. The molecule has 2 rings (SSSR count). The third-order valence-electron chi connectivity index (χ3n) is 2.99. The Morgan fingerprint density at radius 3 is 2.53 bits per heavy atom. The quantitative estimate of drug-likeness (QED) is 0.826. The van der Waals surface area contributed by atoms with Gasteiger partial charge in [-0.1, -0.05) is 36.0 Å². The zero-order chi connectivity index (χ0) is 14.0. The van der Waals surface area contributed by atoms with Crippen LogP contribution in [-0.2, 0) is 0 Å². The van der Waals surface area contributed by atoms with Crippen molar-refractivity contribution in [3.63, 3.8) is 0 Å². The van der Waals surface area contributed by atoms with Gasteiger partial charge in [0.15, 0.2) is 0 Å². The molecule has 0 aliphatic rings. The van der Waals surface area contributed by atoms with Crippen LogP contribution < -0.4 is 11.1 Å². The van der Waals surface area contributed by atoms with Crippen LogP contribution in [-0.4, -0.2) is 4.99 Å². The summed E-state index contributed by atoms with van der Waals surface area (Å²) in [5, 5.41) is 4.12. The van der Waals surface area contributed by atoms with Gasteiger partial charge >= 0.3 is 0 Å². The molecule has 0 aliphatic carbocycles. The minimum absolute atomic E-state index is 0.387. The summed E-state index contributed by atoms with van der Waals surface area (Å²) < 4.78 is 0. The Bertz CT molecular complexity index is 638. The number of nitrogens with two attached hydrogens (primary N) is 1. The van der Waals surface area contributed by atoms with Crippen LogP contribution >= 0.6 is 23.8 Å². The summed E-state index contributed by atoms with van der Waals surface area (Å²) in [5.41, 5.74) is 10.7. The molecule has 0 bridgehead atoms. The van der Waals surface area contributed by atoms with E-state index in [0.29, 0.717) is 4.99 Å². The van der Waals surface area contributed by atoms with E-state index in [1.807, 2.05) is 50.2 Å². The van der Waals surface area contributed by atoms with Crippen LogP contribution in [0.2, 0.25) is 5.02 Å². The van der Waals surface area contributed by atoms with Crippen molar-refractivity contribution in [1.29, 1.82) is 0 Å². The summed E-state index contributed by atoms with van der Waals surface area (Å²) in [7, 11) is 0. The monoisotopic (exact) mass is 290 g/mol. The van der Waals surface area contributed by atoms with E-state index in [1.165, 1.54) is 0 Å². The van der Waals surface area contributed by atoms with Crippen LogP contribution in [0, 0.1) is 13.8 Å². The Morgan fingerprint density at radius 1 is 1.16 bits per heavy atom. The standard InChI is InChI=1S/C15H15ClN2S/c1-9-4-3-5-12(15(17)19)14(9)18-13-7-6-11(16)8-10(13)2/h3-8,18H,1-2H3,(H2,17,19). The number of hydrogen-bond acceptors (Lipinski definition) is 2. The van der Waals surface area contributed by atoms with Gasteiger partial charge in [-0.3, -0.25) is 0 Å². The Kier molecular flexibility index (Phi) is 4.08. The van der Waals surface area contributed by atoms with E-state index in [0.717, 1.165) is 33.1 Å². The summed E-state index contributed by atoms with van der Waals surface area (Å²) in [6.45, 7) is 4.03. The molecule has 0 saturated heterocycles. The SMILES string of the molecule is Cc1cc(Cl)ccc1Nc1c(C)cccc1C(N)=S. The number of benzene rings is 2. The Morgan fingerprint density at radius 2 is 1.89 bits per heavy atom. The first-order valence-electron chi connectivity index (χ1n) is 5.91. The van der Waals surface area contributed by atoms with Crippen molar-refractivity contribution in [3.8, 4) is 0 Å². The minimum atomic E-state index is 0.387. The first kappa shape index (κ1) is 13.8. The largest absolute Gasteiger partial charge is 0.389 e. The lowest BCUT2D eigenvalue weighted by Gasteiger charge is -2.16. The number of thiocarbonyl (C=S) groups is 1. The maximum atomic E-state index is 5.96. The highest BCUT2D eigenvalue weighted by Crippen LogP contribution is 2.28. The lowest BCUT2D eigenvalue weighted by atomic mass is 10.1. The van der Waals surface area contributed by atoms with Gasteiger partial charge in [-0.2, -0.15) is 0 Å².